The predicted molar refractivity (Wildman–Crippen MR) is 118 cm³/mol. The molecule has 3 fully saturated rings. The molecule has 0 aromatic heterocycles. The lowest BCUT2D eigenvalue weighted by molar-refractivity contribution is -0.253. The van der Waals surface area contributed by atoms with Gasteiger partial charge in [-0.25, -0.2) is 4.79 Å². The second-order valence-electron chi connectivity index (χ2n) is 8.43. The smallest absolute Gasteiger partial charge is 0.330 e. The Morgan fingerprint density at radius 1 is 0.868 bits per heavy atom. The van der Waals surface area contributed by atoms with Crippen molar-refractivity contribution in [3.05, 3.63) is 0 Å². The van der Waals surface area contributed by atoms with Gasteiger partial charge in [0.05, 0.1) is 19.3 Å². The van der Waals surface area contributed by atoms with Crippen LogP contribution >= 0.6 is 0 Å². The molecule has 0 aromatic rings. The molecule has 3 amide bonds. The van der Waals surface area contributed by atoms with Crippen molar-refractivity contribution in [2.75, 3.05) is 13.2 Å². The molecular formula is C20H35N3O15. The molecule has 38 heavy (non-hydrogen) atoms. The van der Waals surface area contributed by atoms with Gasteiger partial charge in [-0.3, -0.25) is 14.4 Å². The summed E-state index contributed by atoms with van der Waals surface area (Å²) in [4.78, 5) is 46.9. The predicted octanol–water partition coefficient (Wildman–Crippen LogP) is -6.72. The minimum Gasteiger partial charge on any atom is -0.394 e. The number of hydrogen-bond donors (Lipinski definition) is 10. The van der Waals surface area contributed by atoms with Crippen LogP contribution in [-0.2, 0) is 33.5 Å². The molecule has 10 atom stereocenters. The van der Waals surface area contributed by atoms with Crippen LogP contribution in [0.25, 0.3) is 0 Å². The molecule has 0 bridgehead atoms. The maximum absolute atomic E-state index is 10.7. The molecule has 18 nitrogen and oxygen atoms in total. The first kappa shape index (κ1) is 33.7. The standard InChI is InChI=1S/C8H15NO6.C6H13NO5.C6H7NO4/c1-3(11)9-5-7(13)6(12)4(2-10)15-8(5)14;7-3-5(10)4(9)2(1-8)12-6(3)11;1-4(8)11-7-5(9)2-3-6(7)10/h4-8,10,12-14H,2H2,1H3,(H,9,11);2-6,8-11H,1,7H2;2-3H2,1H3. The zero-order chi connectivity index (χ0) is 29.3. The Balaban J connectivity index is 0.000000289. The Morgan fingerprint density at radius 2 is 1.32 bits per heavy atom. The highest BCUT2D eigenvalue weighted by Gasteiger charge is 2.44. The first-order chi connectivity index (χ1) is 17.7. The van der Waals surface area contributed by atoms with Crippen LogP contribution in [-0.4, -0.2) is 144 Å². The minimum atomic E-state index is -1.45. The van der Waals surface area contributed by atoms with Crippen molar-refractivity contribution in [3.8, 4) is 0 Å². The molecule has 3 aliphatic heterocycles. The summed E-state index contributed by atoms with van der Waals surface area (Å²) in [5.74, 6) is -2.03. The van der Waals surface area contributed by atoms with E-state index in [1.807, 2.05) is 0 Å². The molecule has 10 unspecified atom stereocenters. The summed E-state index contributed by atoms with van der Waals surface area (Å²) in [6.07, 6.45) is -9.83. The first-order valence-electron chi connectivity index (χ1n) is 11.3. The van der Waals surface area contributed by atoms with Gasteiger partial charge in [-0.2, -0.15) is 0 Å². The molecule has 3 heterocycles. The summed E-state index contributed by atoms with van der Waals surface area (Å²) in [6, 6.07) is -2.14. The zero-order valence-electron chi connectivity index (χ0n) is 20.6. The van der Waals surface area contributed by atoms with Crippen LogP contribution in [0.1, 0.15) is 26.7 Å². The normalized spacial score (nSPS) is 36.9. The first-order valence-corrected chi connectivity index (χ1v) is 11.3. The van der Waals surface area contributed by atoms with Crippen LogP contribution in [0.15, 0.2) is 0 Å². The Labute approximate surface area is 216 Å². The summed E-state index contributed by atoms with van der Waals surface area (Å²) < 4.78 is 9.51. The molecular weight excluding hydrogens is 522 g/mol. The lowest BCUT2D eigenvalue weighted by atomic mass is 9.97. The zero-order valence-corrected chi connectivity index (χ0v) is 20.6. The molecule has 3 rings (SSSR count). The van der Waals surface area contributed by atoms with E-state index in [0.717, 1.165) is 6.92 Å². The summed E-state index contributed by atoms with van der Waals surface area (Å²) >= 11 is 0. The molecule has 220 valence electrons. The SMILES string of the molecule is CC(=O)NC1C(O)OC(CO)C(O)C1O.CC(=O)ON1C(=O)CCC1=O.NC1C(O)OC(CO)C(O)C1O. The number of ether oxygens (including phenoxy) is 2. The molecule has 0 spiro atoms. The number of aliphatic hydroxyl groups is 8. The Bertz CT molecular complexity index is 796. The van der Waals surface area contributed by atoms with Gasteiger partial charge in [0, 0.05) is 26.7 Å². The number of amides is 3. The summed E-state index contributed by atoms with van der Waals surface area (Å²) in [6.45, 7) is 1.35. The van der Waals surface area contributed by atoms with E-state index in [2.05, 4.69) is 10.2 Å². The second kappa shape index (κ2) is 15.3. The van der Waals surface area contributed by atoms with Crippen LogP contribution in [0.3, 0.4) is 0 Å². The molecule has 0 aliphatic carbocycles. The van der Waals surface area contributed by atoms with E-state index < -0.39 is 98.2 Å². The number of nitrogens with one attached hydrogen (secondary N) is 1. The maximum atomic E-state index is 10.7. The Hall–Kier alpha value is -2.36. The van der Waals surface area contributed by atoms with Gasteiger partial charge in [0.1, 0.15) is 42.7 Å². The van der Waals surface area contributed by atoms with Crippen molar-refractivity contribution in [2.24, 2.45) is 5.73 Å². The maximum Gasteiger partial charge on any atom is 0.330 e. The summed E-state index contributed by atoms with van der Waals surface area (Å²) in [5.41, 5.74) is 5.26. The van der Waals surface area contributed by atoms with Crippen molar-refractivity contribution in [3.63, 3.8) is 0 Å². The van der Waals surface area contributed by atoms with Crippen LogP contribution < -0.4 is 11.1 Å². The molecule has 0 saturated carbocycles. The van der Waals surface area contributed by atoms with Crippen molar-refractivity contribution in [2.45, 2.75) is 88.0 Å². The largest absolute Gasteiger partial charge is 0.394 e. The Kier molecular flexibility index (Phi) is 13.5. The lowest BCUT2D eigenvalue weighted by Gasteiger charge is -2.40. The van der Waals surface area contributed by atoms with Gasteiger partial charge in [-0.1, -0.05) is 0 Å². The summed E-state index contributed by atoms with van der Waals surface area (Å²) in [5, 5.41) is 76.0. The fraction of sp³-hybridized carbons (Fsp3) is 0.800. The van der Waals surface area contributed by atoms with Gasteiger partial charge in [0.2, 0.25) is 5.91 Å². The third-order valence-electron chi connectivity index (χ3n) is 5.44. The van der Waals surface area contributed by atoms with E-state index in [1.165, 1.54) is 6.92 Å². The highest BCUT2D eigenvalue weighted by atomic mass is 16.7. The van der Waals surface area contributed by atoms with Crippen LogP contribution in [0, 0.1) is 0 Å². The lowest BCUT2D eigenvalue weighted by Crippen LogP contribution is -2.63. The van der Waals surface area contributed by atoms with Crippen molar-refractivity contribution >= 4 is 23.7 Å². The van der Waals surface area contributed by atoms with E-state index in [0.29, 0.717) is 5.06 Å². The number of carbonyl (C=O) groups is 4. The monoisotopic (exact) mass is 557 g/mol. The van der Waals surface area contributed by atoms with E-state index in [9.17, 15) is 44.7 Å². The highest BCUT2D eigenvalue weighted by Crippen LogP contribution is 2.20. The minimum absolute atomic E-state index is 0.131. The quantitative estimate of drug-likeness (QED) is 0.144. The number of imide groups is 1. The molecule has 3 saturated heterocycles. The fourth-order valence-corrected chi connectivity index (χ4v) is 3.39. The molecule has 3 aliphatic rings. The number of rotatable bonds is 4. The number of aliphatic hydroxyl groups excluding tert-OH is 8. The second-order valence-corrected chi connectivity index (χ2v) is 8.43. The van der Waals surface area contributed by atoms with Gasteiger partial charge >= 0.3 is 5.97 Å². The number of hydroxylamine groups is 2. The molecule has 11 N–H and O–H groups in total. The Morgan fingerprint density at radius 3 is 1.74 bits per heavy atom. The van der Waals surface area contributed by atoms with Gasteiger partial charge in [-0.05, 0) is 0 Å². The number of carbonyl (C=O) groups excluding carboxylic acids is 4. The molecule has 18 heteroatoms. The number of hydrogen-bond acceptors (Lipinski definition) is 16. The number of nitrogens with two attached hydrogens (primary N) is 1. The third-order valence-corrected chi connectivity index (χ3v) is 5.44. The third kappa shape index (κ3) is 9.13. The van der Waals surface area contributed by atoms with E-state index >= 15 is 0 Å². The van der Waals surface area contributed by atoms with Gasteiger partial charge < -0.3 is 66.2 Å². The van der Waals surface area contributed by atoms with Crippen LogP contribution in [0.4, 0.5) is 0 Å². The van der Waals surface area contributed by atoms with Crippen LogP contribution in [0.5, 0.6) is 0 Å². The van der Waals surface area contributed by atoms with Crippen molar-refractivity contribution in [1.29, 1.82) is 0 Å². The van der Waals surface area contributed by atoms with E-state index in [1.54, 1.807) is 0 Å². The average Bonchev–Trinajstić information content (AvgIpc) is 3.17. The average molecular weight is 558 g/mol. The van der Waals surface area contributed by atoms with Crippen molar-refractivity contribution in [1.82, 2.24) is 10.4 Å². The van der Waals surface area contributed by atoms with Gasteiger partial charge in [-0.15, -0.1) is 5.06 Å². The van der Waals surface area contributed by atoms with Gasteiger partial charge in [0.25, 0.3) is 11.8 Å². The van der Waals surface area contributed by atoms with E-state index in [-0.39, 0.29) is 12.8 Å². The van der Waals surface area contributed by atoms with Crippen molar-refractivity contribution < 1.29 is 74.3 Å². The van der Waals surface area contributed by atoms with Crippen LogP contribution in [0.2, 0.25) is 0 Å². The summed E-state index contributed by atoms with van der Waals surface area (Å²) in [7, 11) is 0. The van der Waals surface area contributed by atoms with E-state index in [4.69, 9.17) is 30.5 Å². The number of nitrogens with zero attached hydrogens (tertiary/aromatic N) is 1. The van der Waals surface area contributed by atoms with Gasteiger partial charge in [0.15, 0.2) is 12.6 Å². The highest BCUT2D eigenvalue weighted by molar-refractivity contribution is 6.01. The fourth-order valence-electron chi connectivity index (χ4n) is 3.39. The topological polar surface area (TPSA) is 299 Å². The molecule has 0 radical (unpaired) electrons. The molecule has 0 aromatic carbocycles.